The van der Waals surface area contributed by atoms with E-state index in [1.54, 1.807) is 0 Å². The number of ether oxygens (including phenoxy) is 1. The Kier molecular flexibility index (Phi) is 5.08. The quantitative estimate of drug-likeness (QED) is 0.806. The van der Waals surface area contributed by atoms with E-state index in [1.807, 2.05) is 0 Å². The third-order valence-corrected chi connectivity index (χ3v) is 4.01. The molecule has 1 amide bonds. The summed E-state index contributed by atoms with van der Waals surface area (Å²) in [6, 6.07) is 4.85. The molecule has 0 aliphatic carbocycles. The number of benzene rings is 1. The Labute approximate surface area is 130 Å². The summed E-state index contributed by atoms with van der Waals surface area (Å²) < 4.78 is 40.3. The molecule has 22 heavy (non-hydrogen) atoms. The molecule has 0 unspecified atom stereocenters. The molecule has 0 bridgehead atoms. The second-order valence-electron chi connectivity index (χ2n) is 3.82. The highest BCUT2D eigenvalue weighted by Crippen LogP contribution is 2.25. The molecule has 11 heteroatoms. The Morgan fingerprint density at radius 2 is 2.00 bits per heavy atom. The molecule has 118 valence electrons. The van der Waals surface area contributed by atoms with Gasteiger partial charge in [-0.05, 0) is 24.3 Å². The molecular weight excluding hydrogens is 341 g/mol. The van der Waals surface area contributed by atoms with Crippen molar-refractivity contribution in [3.63, 3.8) is 0 Å². The van der Waals surface area contributed by atoms with Crippen LogP contribution in [0.15, 0.2) is 28.6 Å². The van der Waals surface area contributed by atoms with Crippen LogP contribution in [0.5, 0.6) is 5.75 Å². The average Bonchev–Trinajstić information content (AvgIpc) is 2.83. The van der Waals surface area contributed by atoms with Crippen LogP contribution in [0.2, 0.25) is 0 Å². The molecule has 2 rings (SSSR count). The summed E-state index contributed by atoms with van der Waals surface area (Å²) in [7, 11) is 0. The van der Waals surface area contributed by atoms with Gasteiger partial charge in [0.05, 0.1) is 5.75 Å². The SMILES string of the molecule is Nc1nnc(SCC(=O)Nc2ccc(OC(F)(F)F)cc2)s1. The third kappa shape index (κ3) is 5.41. The number of nitrogen functional groups attached to an aromatic ring is 1. The average molecular weight is 350 g/mol. The molecule has 0 spiro atoms. The molecule has 1 heterocycles. The summed E-state index contributed by atoms with van der Waals surface area (Å²) in [5.74, 6) is -0.609. The lowest BCUT2D eigenvalue weighted by molar-refractivity contribution is -0.274. The smallest absolute Gasteiger partial charge is 0.406 e. The minimum absolute atomic E-state index is 0.0788. The molecular formula is C11H9F3N4O2S2. The van der Waals surface area contributed by atoms with Gasteiger partial charge in [-0.2, -0.15) is 0 Å². The molecule has 0 saturated heterocycles. The fourth-order valence-corrected chi connectivity index (χ4v) is 2.78. The van der Waals surface area contributed by atoms with Crippen molar-refractivity contribution in [3.8, 4) is 5.75 Å². The highest BCUT2D eigenvalue weighted by atomic mass is 32.2. The van der Waals surface area contributed by atoms with E-state index in [4.69, 9.17) is 5.73 Å². The number of amides is 1. The van der Waals surface area contributed by atoms with Crippen LogP contribution in [0.25, 0.3) is 0 Å². The van der Waals surface area contributed by atoms with E-state index in [0.29, 0.717) is 15.2 Å². The normalized spacial score (nSPS) is 11.2. The molecule has 3 N–H and O–H groups in total. The van der Waals surface area contributed by atoms with E-state index in [2.05, 4.69) is 20.3 Å². The van der Waals surface area contributed by atoms with Crippen LogP contribution in [0.3, 0.4) is 0 Å². The first-order chi connectivity index (χ1) is 10.3. The highest BCUT2D eigenvalue weighted by molar-refractivity contribution is 8.01. The van der Waals surface area contributed by atoms with Crippen LogP contribution in [0.4, 0.5) is 24.0 Å². The van der Waals surface area contributed by atoms with Gasteiger partial charge in [-0.1, -0.05) is 23.1 Å². The third-order valence-electron chi connectivity index (χ3n) is 2.12. The first-order valence-electron chi connectivity index (χ1n) is 5.69. The number of alkyl halides is 3. The van der Waals surface area contributed by atoms with Crippen LogP contribution in [-0.4, -0.2) is 28.2 Å². The fourth-order valence-electron chi connectivity index (χ4n) is 1.34. The van der Waals surface area contributed by atoms with Crippen LogP contribution in [-0.2, 0) is 4.79 Å². The van der Waals surface area contributed by atoms with Crippen molar-refractivity contribution in [3.05, 3.63) is 24.3 Å². The van der Waals surface area contributed by atoms with Crippen molar-refractivity contribution in [2.75, 3.05) is 16.8 Å². The largest absolute Gasteiger partial charge is 0.573 e. The first-order valence-corrected chi connectivity index (χ1v) is 7.49. The molecule has 0 aliphatic heterocycles. The van der Waals surface area contributed by atoms with Gasteiger partial charge in [0.25, 0.3) is 0 Å². The number of thioether (sulfide) groups is 1. The lowest BCUT2D eigenvalue weighted by Gasteiger charge is -2.09. The summed E-state index contributed by atoms with van der Waals surface area (Å²) in [5.41, 5.74) is 5.76. The predicted molar refractivity (Wildman–Crippen MR) is 76.8 cm³/mol. The Balaban J connectivity index is 1.83. The summed E-state index contributed by atoms with van der Waals surface area (Å²) >= 11 is 2.32. The fraction of sp³-hybridized carbons (Fsp3) is 0.182. The van der Waals surface area contributed by atoms with Gasteiger partial charge in [0.1, 0.15) is 5.75 Å². The van der Waals surface area contributed by atoms with Gasteiger partial charge in [0.2, 0.25) is 11.0 Å². The number of rotatable bonds is 5. The lowest BCUT2D eigenvalue weighted by atomic mass is 10.3. The molecule has 2 aromatic rings. The molecule has 0 atom stereocenters. The van der Waals surface area contributed by atoms with Gasteiger partial charge >= 0.3 is 6.36 Å². The Morgan fingerprint density at radius 3 is 2.55 bits per heavy atom. The van der Waals surface area contributed by atoms with Gasteiger partial charge < -0.3 is 15.8 Å². The minimum atomic E-state index is -4.75. The second-order valence-corrected chi connectivity index (χ2v) is 6.05. The van der Waals surface area contributed by atoms with E-state index in [0.717, 1.165) is 35.2 Å². The topological polar surface area (TPSA) is 90.1 Å². The summed E-state index contributed by atoms with van der Waals surface area (Å²) in [5, 5.41) is 10.2. The van der Waals surface area contributed by atoms with Gasteiger partial charge in [-0.25, -0.2) is 0 Å². The Hall–Kier alpha value is -2.01. The number of hydrogen-bond acceptors (Lipinski definition) is 7. The van der Waals surface area contributed by atoms with E-state index in [9.17, 15) is 18.0 Å². The number of nitrogens with one attached hydrogen (secondary N) is 1. The molecule has 0 aliphatic rings. The van der Waals surface area contributed by atoms with Gasteiger partial charge in [0.15, 0.2) is 4.34 Å². The Bertz CT molecular complexity index is 646. The number of halogens is 3. The van der Waals surface area contributed by atoms with Crippen molar-refractivity contribution in [2.24, 2.45) is 0 Å². The van der Waals surface area contributed by atoms with E-state index >= 15 is 0 Å². The van der Waals surface area contributed by atoms with E-state index < -0.39 is 6.36 Å². The van der Waals surface area contributed by atoms with Crippen LogP contribution >= 0.6 is 23.1 Å². The standard InChI is InChI=1S/C11H9F3N4O2S2/c12-11(13,14)20-7-3-1-6(2-4-7)16-8(19)5-21-10-18-17-9(15)22-10/h1-4H,5H2,(H2,15,17)(H,16,19). The summed E-state index contributed by atoms with van der Waals surface area (Å²) in [6.45, 7) is 0. The minimum Gasteiger partial charge on any atom is -0.406 e. The van der Waals surface area contributed by atoms with Crippen molar-refractivity contribution < 1.29 is 22.7 Å². The van der Waals surface area contributed by atoms with Gasteiger partial charge in [-0.15, -0.1) is 23.4 Å². The molecule has 6 nitrogen and oxygen atoms in total. The second kappa shape index (κ2) is 6.83. The molecule has 1 aromatic heterocycles. The lowest BCUT2D eigenvalue weighted by Crippen LogP contribution is -2.17. The molecule has 1 aromatic carbocycles. The zero-order chi connectivity index (χ0) is 16.2. The van der Waals surface area contributed by atoms with E-state index in [-0.39, 0.29) is 17.4 Å². The molecule has 0 radical (unpaired) electrons. The summed E-state index contributed by atoms with van der Waals surface area (Å²) in [4.78, 5) is 11.7. The van der Waals surface area contributed by atoms with Gasteiger partial charge in [0, 0.05) is 5.69 Å². The number of anilines is 2. The van der Waals surface area contributed by atoms with Crippen molar-refractivity contribution in [1.29, 1.82) is 0 Å². The number of carbonyl (C=O) groups is 1. The van der Waals surface area contributed by atoms with Crippen LogP contribution in [0, 0.1) is 0 Å². The van der Waals surface area contributed by atoms with E-state index in [1.165, 1.54) is 12.1 Å². The first kappa shape index (κ1) is 16.4. The van der Waals surface area contributed by atoms with Crippen molar-refractivity contribution in [2.45, 2.75) is 10.7 Å². The number of hydrogen-bond donors (Lipinski definition) is 2. The maximum atomic E-state index is 12.0. The van der Waals surface area contributed by atoms with Crippen molar-refractivity contribution >= 4 is 39.8 Å². The maximum absolute atomic E-state index is 12.0. The zero-order valence-electron chi connectivity index (χ0n) is 10.8. The molecule has 0 fully saturated rings. The predicted octanol–water partition coefficient (Wildman–Crippen LogP) is 2.75. The maximum Gasteiger partial charge on any atom is 0.573 e. The number of nitrogens with two attached hydrogens (primary N) is 1. The van der Waals surface area contributed by atoms with Crippen LogP contribution < -0.4 is 15.8 Å². The zero-order valence-corrected chi connectivity index (χ0v) is 12.4. The van der Waals surface area contributed by atoms with Crippen molar-refractivity contribution in [1.82, 2.24) is 10.2 Å². The Morgan fingerprint density at radius 1 is 1.32 bits per heavy atom. The van der Waals surface area contributed by atoms with Gasteiger partial charge in [-0.3, -0.25) is 4.79 Å². The molecule has 0 saturated carbocycles. The number of carbonyl (C=O) groups excluding carboxylic acids is 1. The van der Waals surface area contributed by atoms with Crippen LogP contribution in [0.1, 0.15) is 0 Å². The number of nitrogens with zero attached hydrogens (tertiary/aromatic N) is 2. The number of aromatic nitrogens is 2. The highest BCUT2D eigenvalue weighted by Gasteiger charge is 2.30. The summed E-state index contributed by atoms with van der Waals surface area (Å²) in [6.07, 6.45) is -4.75. The monoisotopic (exact) mass is 350 g/mol.